The Bertz CT molecular complexity index is 1220. The molecule has 10 nitrogen and oxygen atoms in total. The van der Waals surface area contributed by atoms with E-state index in [2.05, 4.69) is 36.6 Å². The number of fused-ring (bicyclic) bond motifs is 1. The van der Waals surface area contributed by atoms with Gasteiger partial charge in [-0.05, 0) is 78.6 Å². The molecule has 4 heterocycles. The van der Waals surface area contributed by atoms with Crippen LogP contribution in [0.15, 0.2) is 36.5 Å². The first-order valence-corrected chi connectivity index (χ1v) is 13.9. The minimum absolute atomic E-state index is 0.450. The molecule has 2 aliphatic heterocycles. The second-order valence-corrected chi connectivity index (χ2v) is 11.3. The summed E-state index contributed by atoms with van der Waals surface area (Å²) in [5, 5.41) is 14.0. The minimum Gasteiger partial charge on any atom is -0.494 e. The van der Waals surface area contributed by atoms with Crippen molar-refractivity contribution < 1.29 is 13.2 Å². The largest absolute Gasteiger partial charge is 0.494 e. The maximum absolute atomic E-state index is 11.8. The van der Waals surface area contributed by atoms with Crippen molar-refractivity contribution in [1.29, 1.82) is 0 Å². The number of H-pyrrole nitrogens is 1. The van der Waals surface area contributed by atoms with Crippen molar-refractivity contribution in [2.24, 2.45) is 5.92 Å². The molecule has 2 aliphatic rings. The first kappa shape index (κ1) is 23.7. The summed E-state index contributed by atoms with van der Waals surface area (Å²) in [4.78, 5) is 6.93. The normalized spacial score (nSPS) is 17.3. The molecular weight excluding hydrogens is 466 g/mol. The fraction of sp³-hybridized carbons (Fsp3) is 0.500. The smallest absolute Gasteiger partial charge is 0.211 e. The molecule has 0 amide bonds. The summed E-state index contributed by atoms with van der Waals surface area (Å²) in [5.41, 5.74) is 3.11. The zero-order valence-corrected chi connectivity index (χ0v) is 20.7. The average molecular weight is 498 g/mol. The number of ether oxygens (including phenoxy) is 1. The third-order valence-electron chi connectivity index (χ3n) is 6.94. The Hall–Kier alpha value is -3.05. The summed E-state index contributed by atoms with van der Waals surface area (Å²) in [7, 11) is -3.15. The van der Waals surface area contributed by atoms with E-state index in [1.54, 1.807) is 6.20 Å². The van der Waals surface area contributed by atoms with Crippen molar-refractivity contribution in [2.75, 3.05) is 37.4 Å². The van der Waals surface area contributed by atoms with Crippen LogP contribution in [0.4, 0.5) is 5.82 Å². The van der Waals surface area contributed by atoms with Crippen LogP contribution in [0.25, 0.3) is 11.4 Å². The third-order valence-corrected chi connectivity index (χ3v) is 8.19. The van der Waals surface area contributed by atoms with Gasteiger partial charge in [-0.2, -0.15) is 9.52 Å². The van der Waals surface area contributed by atoms with E-state index in [1.807, 2.05) is 24.3 Å². The zero-order chi connectivity index (χ0) is 24.3. The topological polar surface area (TPSA) is 117 Å². The quantitative estimate of drug-likeness (QED) is 0.472. The number of hydrogen-bond donors (Lipinski definition) is 1. The monoisotopic (exact) mass is 497 g/mol. The number of hydrogen-bond acceptors (Lipinski definition) is 8. The molecule has 0 saturated carbocycles. The summed E-state index contributed by atoms with van der Waals surface area (Å²) in [6.45, 7) is 3.70. The van der Waals surface area contributed by atoms with Crippen LogP contribution in [0.5, 0.6) is 5.75 Å². The summed E-state index contributed by atoms with van der Waals surface area (Å²) >= 11 is 0. The summed E-state index contributed by atoms with van der Waals surface area (Å²) < 4.78 is 31.1. The molecule has 1 N–H and O–H groups in total. The number of piperidine rings is 1. The van der Waals surface area contributed by atoms with Crippen LogP contribution in [0.2, 0.25) is 0 Å². The Kier molecular flexibility index (Phi) is 6.96. The Labute approximate surface area is 205 Å². The molecule has 3 aromatic rings. The number of sulfonamides is 1. The molecule has 0 radical (unpaired) electrons. The predicted molar refractivity (Wildman–Crippen MR) is 132 cm³/mol. The molecule has 1 saturated heterocycles. The van der Waals surface area contributed by atoms with E-state index < -0.39 is 10.0 Å². The molecular formula is C24H31N7O3S. The Morgan fingerprint density at radius 3 is 2.69 bits per heavy atom. The van der Waals surface area contributed by atoms with Gasteiger partial charge in [0.1, 0.15) is 11.6 Å². The van der Waals surface area contributed by atoms with E-state index in [9.17, 15) is 8.42 Å². The van der Waals surface area contributed by atoms with E-state index in [0.717, 1.165) is 67.9 Å². The number of tetrazole rings is 1. The highest BCUT2D eigenvalue weighted by atomic mass is 32.2. The number of aromatic nitrogens is 5. The molecule has 0 bridgehead atoms. The van der Waals surface area contributed by atoms with Crippen molar-refractivity contribution in [3.05, 3.63) is 47.7 Å². The summed E-state index contributed by atoms with van der Waals surface area (Å²) in [6.07, 6.45) is 8.30. The van der Waals surface area contributed by atoms with Gasteiger partial charge in [0.15, 0.2) is 0 Å². The van der Waals surface area contributed by atoms with Gasteiger partial charge in [-0.25, -0.2) is 13.4 Å². The SMILES string of the molecule is CS(=O)(=O)N1CCc2cc(OCCCC3CCN(c4ccc(-c5nn[nH]n5)cn4)CC3)ccc2C1. The Morgan fingerprint density at radius 1 is 1.11 bits per heavy atom. The number of pyridine rings is 1. The molecule has 5 rings (SSSR count). The van der Waals surface area contributed by atoms with Crippen molar-refractivity contribution in [2.45, 2.75) is 38.6 Å². The highest BCUT2D eigenvalue weighted by Crippen LogP contribution is 2.27. The van der Waals surface area contributed by atoms with Crippen LogP contribution in [0.3, 0.4) is 0 Å². The molecule has 186 valence electrons. The van der Waals surface area contributed by atoms with Gasteiger partial charge < -0.3 is 9.64 Å². The highest BCUT2D eigenvalue weighted by Gasteiger charge is 2.23. The fourth-order valence-electron chi connectivity index (χ4n) is 4.88. The van der Waals surface area contributed by atoms with Crippen LogP contribution in [-0.2, 0) is 23.0 Å². The lowest BCUT2D eigenvalue weighted by molar-refractivity contribution is 0.278. The summed E-state index contributed by atoms with van der Waals surface area (Å²) in [6, 6.07) is 10.0. The molecule has 0 unspecified atom stereocenters. The van der Waals surface area contributed by atoms with Crippen molar-refractivity contribution in [3.63, 3.8) is 0 Å². The van der Waals surface area contributed by atoms with Crippen LogP contribution in [-0.4, -0.2) is 70.8 Å². The molecule has 0 spiro atoms. The molecule has 11 heteroatoms. The van der Waals surface area contributed by atoms with Gasteiger partial charge in [0.25, 0.3) is 0 Å². The highest BCUT2D eigenvalue weighted by molar-refractivity contribution is 7.88. The standard InChI is InChI=1S/C24H31N7O3S/c1-35(32,33)31-13-10-19-15-22(6-4-21(19)17-31)34-14-2-3-18-8-11-30(12-9-18)23-7-5-20(16-25-23)24-26-28-29-27-24/h4-7,15-16,18H,2-3,8-14,17H2,1H3,(H,26,27,28,29). The van der Waals surface area contributed by atoms with Crippen molar-refractivity contribution >= 4 is 15.8 Å². The van der Waals surface area contributed by atoms with E-state index in [0.29, 0.717) is 31.4 Å². The van der Waals surface area contributed by atoms with E-state index in [4.69, 9.17) is 4.74 Å². The van der Waals surface area contributed by atoms with Crippen LogP contribution >= 0.6 is 0 Å². The zero-order valence-electron chi connectivity index (χ0n) is 19.9. The van der Waals surface area contributed by atoms with Gasteiger partial charge in [0.05, 0.1) is 12.9 Å². The van der Waals surface area contributed by atoms with E-state index in [1.165, 1.54) is 16.1 Å². The second kappa shape index (κ2) is 10.3. The predicted octanol–water partition coefficient (Wildman–Crippen LogP) is 2.66. The maximum atomic E-state index is 11.8. The van der Waals surface area contributed by atoms with Gasteiger partial charge in [0, 0.05) is 37.9 Å². The molecule has 2 aromatic heterocycles. The number of anilines is 1. The maximum Gasteiger partial charge on any atom is 0.211 e. The molecule has 1 fully saturated rings. The number of aromatic amines is 1. The average Bonchev–Trinajstić information content (AvgIpc) is 3.41. The lowest BCUT2D eigenvalue weighted by atomic mass is 9.92. The number of nitrogens with zero attached hydrogens (tertiary/aromatic N) is 6. The van der Waals surface area contributed by atoms with Crippen LogP contribution in [0, 0.1) is 5.92 Å². The van der Waals surface area contributed by atoms with Crippen LogP contribution < -0.4 is 9.64 Å². The van der Waals surface area contributed by atoms with E-state index >= 15 is 0 Å². The third kappa shape index (κ3) is 5.79. The van der Waals surface area contributed by atoms with Crippen LogP contribution in [0.1, 0.15) is 36.8 Å². The molecule has 1 aromatic carbocycles. The Morgan fingerprint density at radius 2 is 1.97 bits per heavy atom. The lowest BCUT2D eigenvalue weighted by Gasteiger charge is -2.32. The van der Waals surface area contributed by atoms with Gasteiger partial charge in [-0.1, -0.05) is 6.07 Å². The van der Waals surface area contributed by atoms with Gasteiger partial charge in [-0.15, -0.1) is 10.2 Å². The fourth-order valence-corrected chi connectivity index (χ4v) is 5.68. The van der Waals surface area contributed by atoms with Gasteiger partial charge in [0.2, 0.25) is 15.8 Å². The first-order valence-electron chi connectivity index (χ1n) is 12.1. The molecule has 35 heavy (non-hydrogen) atoms. The van der Waals surface area contributed by atoms with E-state index in [-0.39, 0.29) is 0 Å². The second-order valence-electron chi connectivity index (χ2n) is 9.34. The number of benzene rings is 1. The van der Waals surface area contributed by atoms with Gasteiger partial charge in [-0.3, -0.25) is 0 Å². The molecule has 0 aliphatic carbocycles. The molecule has 0 atom stereocenters. The Balaban J connectivity index is 1.03. The minimum atomic E-state index is -3.15. The summed E-state index contributed by atoms with van der Waals surface area (Å²) in [5.74, 6) is 3.13. The number of rotatable bonds is 8. The lowest BCUT2D eigenvalue weighted by Crippen LogP contribution is -2.35. The number of nitrogens with one attached hydrogen (secondary N) is 1. The van der Waals surface area contributed by atoms with Crippen molar-refractivity contribution in [3.8, 4) is 17.1 Å². The first-order chi connectivity index (χ1) is 17.0. The van der Waals surface area contributed by atoms with Crippen molar-refractivity contribution in [1.82, 2.24) is 29.9 Å². The van der Waals surface area contributed by atoms with Gasteiger partial charge >= 0.3 is 0 Å².